The molecule has 1 saturated heterocycles. The number of amides is 2. The molecule has 2 aromatic carbocycles. The van der Waals surface area contributed by atoms with Gasteiger partial charge in [0.2, 0.25) is 0 Å². The SMILES string of the molecule is CN(C(=O)C1=CSC(NC(=O)c2ccc(F)c(Cl)c2)N1)C1CCN(Cc2ccccc2)CC1. The molecule has 0 aromatic heterocycles. The van der Waals surface area contributed by atoms with Crippen molar-refractivity contribution in [2.24, 2.45) is 0 Å². The minimum Gasteiger partial charge on any atom is -0.352 e. The molecule has 2 aromatic rings. The predicted octanol–water partition coefficient (Wildman–Crippen LogP) is 3.79. The molecule has 2 aliphatic rings. The minimum absolute atomic E-state index is 0.0921. The Morgan fingerprint density at radius 1 is 1.21 bits per heavy atom. The topological polar surface area (TPSA) is 64.7 Å². The van der Waals surface area contributed by atoms with Gasteiger partial charge in [0, 0.05) is 43.7 Å². The smallest absolute Gasteiger partial charge is 0.270 e. The number of hydrogen-bond donors (Lipinski definition) is 2. The third kappa shape index (κ3) is 5.88. The first-order valence-electron chi connectivity index (χ1n) is 10.8. The van der Waals surface area contributed by atoms with Gasteiger partial charge in [0.1, 0.15) is 11.5 Å². The Morgan fingerprint density at radius 3 is 2.64 bits per heavy atom. The van der Waals surface area contributed by atoms with Crippen molar-refractivity contribution >= 4 is 35.2 Å². The maximum absolute atomic E-state index is 13.3. The second kappa shape index (κ2) is 10.6. The highest BCUT2D eigenvalue weighted by molar-refractivity contribution is 8.03. The number of likely N-dealkylation sites (N-methyl/N-ethyl adjacent to an activating group) is 1. The average molecular weight is 489 g/mol. The number of piperidine rings is 1. The Bertz CT molecular complexity index is 1040. The number of carbonyl (C=O) groups excluding carboxylic acids is 2. The van der Waals surface area contributed by atoms with Crippen LogP contribution in [0.25, 0.3) is 0 Å². The summed E-state index contributed by atoms with van der Waals surface area (Å²) in [7, 11) is 1.83. The fourth-order valence-corrected chi connectivity index (χ4v) is 5.02. The summed E-state index contributed by atoms with van der Waals surface area (Å²) in [4.78, 5) is 29.6. The molecule has 0 saturated carbocycles. The summed E-state index contributed by atoms with van der Waals surface area (Å²) in [5.41, 5.74) is 1.52. The summed E-state index contributed by atoms with van der Waals surface area (Å²) < 4.78 is 13.3. The number of carbonyl (C=O) groups is 2. The molecular formula is C24H26ClFN4O2S. The average Bonchev–Trinajstić information content (AvgIpc) is 3.29. The highest BCUT2D eigenvalue weighted by Crippen LogP contribution is 2.24. The molecule has 9 heteroatoms. The molecule has 4 rings (SSSR count). The van der Waals surface area contributed by atoms with E-state index in [0.717, 1.165) is 38.5 Å². The molecule has 2 heterocycles. The maximum atomic E-state index is 13.3. The molecular weight excluding hydrogens is 463 g/mol. The number of likely N-dealkylation sites (tertiary alicyclic amines) is 1. The first-order chi connectivity index (χ1) is 15.9. The number of nitrogens with zero attached hydrogens (tertiary/aromatic N) is 2. The van der Waals surface area contributed by atoms with E-state index in [2.05, 4.69) is 39.8 Å². The third-order valence-corrected chi connectivity index (χ3v) is 7.13. The molecule has 0 aliphatic carbocycles. The van der Waals surface area contributed by atoms with Crippen LogP contribution in [0, 0.1) is 5.82 Å². The van der Waals surface area contributed by atoms with E-state index in [1.165, 1.54) is 29.5 Å². The monoisotopic (exact) mass is 488 g/mol. The van der Waals surface area contributed by atoms with E-state index in [-0.39, 0.29) is 22.5 Å². The fraction of sp³-hybridized carbons (Fsp3) is 0.333. The van der Waals surface area contributed by atoms with Crippen LogP contribution in [0.2, 0.25) is 5.02 Å². The summed E-state index contributed by atoms with van der Waals surface area (Å²) in [5, 5.41) is 7.46. The van der Waals surface area contributed by atoms with Gasteiger partial charge in [0.05, 0.1) is 5.02 Å². The first kappa shape index (κ1) is 23.6. The van der Waals surface area contributed by atoms with E-state index in [1.54, 1.807) is 10.3 Å². The third-order valence-electron chi connectivity index (χ3n) is 5.96. The van der Waals surface area contributed by atoms with Crippen LogP contribution < -0.4 is 10.6 Å². The number of benzene rings is 2. The molecule has 1 unspecified atom stereocenters. The van der Waals surface area contributed by atoms with Crippen LogP contribution in [0.4, 0.5) is 4.39 Å². The summed E-state index contributed by atoms with van der Waals surface area (Å²) in [5.74, 6) is -1.07. The summed E-state index contributed by atoms with van der Waals surface area (Å²) in [6.07, 6.45) is 1.84. The van der Waals surface area contributed by atoms with Crippen molar-refractivity contribution in [1.29, 1.82) is 0 Å². The second-order valence-electron chi connectivity index (χ2n) is 8.20. The zero-order valence-corrected chi connectivity index (χ0v) is 19.8. The Morgan fingerprint density at radius 2 is 1.94 bits per heavy atom. The van der Waals surface area contributed by atoms with Gasteiger partial charge in [-0.1, -0.05) is 53.7 Å². The lowest BCUT2D eigenvalue weighted by molar-refractivity contribution is -0.129. The molecule has 2 aliphatic heterocycles. The lowest BCUT2D eigenvalue weighted by atomic mass is 10.0. The lowest BCUT2D eigenvalue weighted by Gasteiger charge is -2.37. The lowest BCUT2D eigenvalue weighted by Crippen LogP contribution is -2.48. The zero-order chi connectivity index (χ0) is 23.4. The molecule has 0 spiro atoms. The molecule has 2 amide bonds. The summed E-state index contributed by atoms with van der Waals surface area (Å²) in [6, 6.07) is 14.4. The van der Waals surface area contributed by atoms with Gasteiger partial charge in [-0.3, -0.25) is 14.5 Å². The van der Waals surface area contributed by atoms with E-state index in [4.69, 9.17) is 11.6 Å². The van der Waals surface area contributed by atoms with Gasteiger partial charge < -0.3 is 15.5 Å². The molecule has 0 bridgehead atoms. The van der Waals surface area contributed by atoms with Crippen LogP contribution in [-0.2, 0) is 11.3 Å². The van der Waals surface area contributed by atoms with Crippen LogP contribution in [0.1, 0.15) is 28.8 Å². The van der Waals surface area contributed by atoms with Crippen molar-refractivity contribution in [3.63, 3.8) is 0 Å². The maximum Gasteiger partial charge on any atom is 0.270 e. The normalized spacial score (nSPS) is 19.0. The van der Waals surface area contributed by atoms with Crippen LogP contribution >= 0.6 is 23.4 Å². The van der Waals surface area contributed by atoms with Crippen molar-refractivity contribution in [3.8, 4) is 0 Å². The largest absolute Gasteiger partial charge is 0.352 e. The van der Waals surface area contributed by atoms with E-state index in [1.807, 2.05) is 13.1 Å². The van der Waals surface area contributed by atoms with Crippen LogP contribution in [0.15, 0.2) is 59.6 Å². The number of hydrogen-bond acceptors (Lipinski definition) is 5. The molecule has 1 atom stereocenters. The zero-order valence-electron chi connectivity index (χ0n) is 18.3. The Labute approximate surface area is 202 Å². The number of nitrogens with one attached hydrogen (secondary N) is 2. The van der Waals surface area contributed by atoms with Gasteiger partial charge >= 0.3 is 0 Å². The van der Waals surface area contributed by atoms with Gasteiger partial charge in [0.25, 0.3) is 11.8 Å². The van der Waals surface area contributed by atoms with Crippen LogP contribution in [-0.4, -0.2) is 53.3 Å². The molecule has 2 N–H and O–H groups in total. The van der Waals surface area contributed by atoms with E-state index in [0.29, 0.717) is 5.70 Å². The molecule has 0 radical (unpaired) electrons. The van der Waals surface area contributed by atoms with E-state index >= 15 is 0 Å². The van der Waals surface area contributed by atoms with Crippen LogP contribution in [0.3, 0.4) is 0 Å². The van der Waals surface area contributed by atoms with Crippen molar-refractivity contribution in [2.45, 2.75) is 30.9 Å². The number of rotatable bonds is 6. The highest BCUT2D eigenvalue weighted by atomic mass is 35.5. The minimum atomic E-state index is -0.579. The van der Waals surface area contributed by atoms with Gasteiger partial charge in [-0.2, -0.15) is 0 Å². The fourth-order valence-electron chi connectivity index (χ4n) is 4.03. The van der Waals surface area contributed by atoms with E-state index in [9.17, 15) is 14.0 Å². The highest BCUT2D eigenvalue weighted by Gasteiger charge is 2.30. The number of halogens is 2. The molecule has 1 fully saturated rings. The van der Waals surface area contributed by atoms with Crippen LogP contribution in [0.5, 0.6) is 0 Å². The summed E-state index contributed by atoms with van der Waals surface area (Å²) in [6.45, 7) is 2.81. The molecule has 6 nitrogen and oxygen atoms in total. The van der Waals surface area contributed by atoms with Crippen molar-refractivity contribution in [1.82, 2.24) is 20.4 Å². The Hall–Kier alpha value is -2.55. The van der Waals surface area contributed by atoms with Gasteiger partial charge in [-0.25, -0.2) is 4.39 Å². The van der Waals surface area contributed by atoms with Gasteiger partial charge in [-0.05, 0) is 36.6 Å². The van der Waals surface area contributed by atoms with Crippen molar-refractivity contribution in [3.05, 3.63) is 81.6 Å². The quantitative estimate of drug-likeness (QED) is 0.647. The standard InChI is InChI=1S/C24H26ClFN4O2S/c1-29(18-9-11-30(12-10-18)14-16-5-3-2-4-6-16)23(32)21-15-33-24(27-21)28-22(31)17-7-8-20(26)19(25)13-17/h2-8,13,15,18,24,27H,9-12,14H2,1H3,(H,28,31). The first-order valence-corrected chi connectivity index (χ1v) is 12.1. The Balaban J connectivity index is 1.25. The van der Waals surface area contributed by atoms with Gasteiger partial charge in [0.15, 0.2) is 5.50 Å². The van der Waals surface area contributed by atoms with Crippen molar-refractivity contribution < 1.29 is 14.0 Å². The second-order valence-corrected chi connectivity index (χ2v) is 9.59. The van der Waals surface area contributed by atoms with E-state index < -0.39 is 17.2 Å². The summed E-state index contributed by atoms with van der Waals surface area (Å²) >= 11 is 7.06. The van der Waals surface area contributed by atoms with Crippen molar-refractivity contribution in [2.75, 3.05) is 20.1 Å². The molecule has 174 valence electrons. The van der Waals surface area contributed by atoms with Gasteiger partial charge in [-0.15, -0.1) is 0 Å². The molecule has 33 heavy (non-hydrogen) atoms. The number of thioether (sulfide) groups is 1. The predicted molar refractivity (Wildman–Crippen MR) is 129 cm³/mol. The Kier molecular flexibility index (Phi) is 7.57.